The van der Waals surface area contributed by atoms with E-state index in [0.717, 1.165) is 0 Å². The van der Waals surface area contributed by atoms with Gasteiger partial charge in [-0.25, -0.2) is 0 Å². The maximum absolute atomic E-state index is 3.87. The van der Waals surface area contributed by atoms with Gasteiger partial charge in [0.2, 0.25) is 0 Å². The second-order valence-corrected chi connectivity index (χ2v) is 68.6. The van der Waals surface area contributed by atoms with Gasteiger partial charge in [-0.15, -0.1) is 0 Å². The molecule has 2 atom stereocenters. The summed E-state index contributed by atoms with van der Waals surface area (Å²) in [5.74, 6) is -1.14. The van der Waals surface area contributed by atoms with Crippen LogP contribution in [0.15, 0.2) is 132 Å². The number of hydrogen-bond donors (Lipinski definition) is 0. The molecule has 0 fully saturated rings. The van der Waals surface area contributed by atoms with Gasteiger partial charge in [-0.2, -0.15) is 0 Å². The van der Waals surface area contributed by atoms with E-state index in [9.17, 15) is 0 Å². The molecule has 0 radical (unpaired) electrons. The molecule has 227 valence electrons. The van der Waals surface area contributed by atoms with E-state index in [1.165, 1.54) is 54.9 Å². The Kier molecular flexibility index (Phi) is 6.94. The van der Waals surface area contributed by atoms with Crippen LogP contribution >= 0.6 is 0 Å². The Morgan fingerprint density at radius 3 is 1.26 bits per heavy atom. The van der Waals surface area contributed by atoms with Crippen LogP contribution in [0.3, 0.4) is 0 Å². The van der Waals surface area contributed by atoms with Crippen molar-refractivity contribution < 1.29 is 17.7 Å². The maximum atomic E-state index is 2.87. The Balaban J connectivity index is 1.32. The summed E-state index contributed by atoms with van der Waals surface area (Å²) in [4.78, 5) is 0. The Morgan fingerprint density at radius 2 is 0.826 bits per heavy atom. The Hall–Kier alpha value is -3.59. The normalized spacial score (nSPS) is 18.3. The second-order valence-electron chi connectivity index (χ2n) is 15.2. The molecule has 0 saturated heterocycles. The van der Waals surface area contributed by atoms with E-state index in [4.69, 9.17) is 0 Å². The van der Waals surface area contributed by atoms with Gasteiger partial charge in [0, 0.05) is 0 Å². The number of benzene rings is 6. The summed E-state index contributed by atoms with van der Waals surface area (Å²) >= 11 is -3.87. The van der Waals surface area contributed by atoms with E-state index in [1.54, 1.807) is 22.3 Å². The zero-order valence-corrected chi connectivity index (χ0v) is 32.7. The SMILES string of the molecule is CC1=Cc2c(-c3cccc4ccccc34)cccc2[CH]1[Hf]([CH3])([CH3])([CH]1C(C)=Cc2c(-c3cccc4ccccc34)cccc21)[SiH](C)C. The van der Waals surface area contributed by atoms with Crippen LogP contribution in [0.4, 0.5) is 0 Å². The summed E-state index contributed by atoms with van der Waals surface area (Å²) in [6.45, 7) is 10.3. The third kappa shape index (κ3) is 4.19. The summed E-state index contributed by atoms with van der Waals surface area (Å²) in [6, 6.07) is 45.7. The van der Waals surface area contributed by atoms with Crippen LogP contribution in [0.5, 0.6) is 0 Å². The van der Waals surface area contributed by atoms with Crippen molar-refractivity contribution in [3.05, 3.63) is 155 Å². The Labute approximate surface area is 276 Å². The predicted molar refractivity (Wildman–Crippen MR) is 202 cm³/mol. The molecular weight excluding hydrogens is 735 g/mol. The fraction of sp³-hybridized carbons (Fsp3) is 0.182. The summed E-state index contributed by atoms with van der Waals surface area (Å²) in [7, 11) is 0. The van der Waals surface area contributed by atoms with Crippen molar-refractivity contribution in [3.63, 3.8) is 0 Å². The van der Waals surface area contributed by atoms with Crippen molar-refractivity contribution in [2.45, 2.75) is 43.7 Å². The summed E-state index contributed by atoms with van der Waals surface area (Å²) < 4.78 is 6.85. The van der Waals surface area contributed by atoms with Crippen LogP contribution in [-0.4, -0.2) is 5.98 Å². The molecule has 2 heteroatoms. The van der Waals surface area contributed by atoms with Gasteiger partial charge < -0.3 is 0 Å². The molecule has 0 saturated carbocycles. The molecule has 0 spiro atoms. The van der Waals surface area contributed by atoms with Gasteiger partial charge in [0.25, 0.3) is 0 Å². The minimum atomic E-state index is -3.87. The van der Waals surface area contributed by atoms with Crippen molar-refractivity contribution in [2.24, 2.45) is 0 Å². The van der Waals surface area contributed by atoms with Crippen LogP contribution in [0.2, 0.25) is 22.5 Å². The van der Waals surface area contributed by atoms with E-state index < -0.39 is 23.7 Å². The topological polar surface area (TPSA) is 0 Å². The summed E-state index contributed by atoms with van der Waals surface area (Å²) in [5, 5.41) is 5.30. The average molecular weight is 778 g/mol. The molecule has 0 aromatic heterocycles. The molecule has 46 heavy (non-hydrogen) atoms. The molecule has 6 aromatic rings. The zero-order chi connectivity index (χ0) is 31.8. The van der Waals surface area contributed by atoms with Gasteiger partial charge in [-0.1, -0.05) is 0 Å². The minimum absolute atomic E-state index is 0.550. The van der Waals surface area contributed by atoms with Gasteiger partial charge in [0.1, 0.15) is 0 Å². The number of fused-ring (bicyclic) bond motifs is 4. The van der Waals surface area contributed by atoms with E-state index >= 15 is 0 Å². The fourth-order valence-corrected chi connectivity index (χ4v) is 53.7. The monoisotopic (exact) mass is 779 g/mol. The first-order chi connectivity index (χ1) is 22.2. The second kappa shape index (κ2) is 10.7. The molecular formula is C44H43HfSi. The standard InChI is InChI=1S/2C20H15.C2H7Si.2CH3.Hf/c2*1-14-12-16-8-5-11-19(20(16)13-14)18-10-4-7-15-6-2-3-9-17(15)18;1-3-2;;;/h2*2-13H,1H3;3H,1-2H3;2*1H3;. The zero-order valence-electron chi connectivity index (χ0n) is 27.9. The van der Waals surface area contributed by atoms with Gasteiger partial charge in [-0.3, -0.25) is 0 Å². The molecule has 0 aliphatic heterocycles. The van der Waals surface area contributed by atoms with Crippen molar-refractivity contribution in [2.75, 3.05) is 0 Å². The van der Waals surface area contributed by atoms with E-state index in [1.807, 2.05) is 0 Å². The Bertz CT molecular complexity index is 2100. The molecule has 0 amide bonds. The van der Waals surface area contributed by atoms with E-state index in [-0.39, 0.29) is 0 Å². The van der Waals surface area contributed by atoms with E-state index in [0.29, 0.717) is 7.35 Å². The quantitative estimate of drug-likeness (QED) is 0.153. The third-order valence-electron chi connectivity index (χ3n) is 12.4. The van der Waals surface area contributed by atoms with Crippen molar-refractivity contribution in [1.29, 1.82) is 0 Å². The molecule has 6 aromatic carbocycles. The average Bonchev–Trinajstić information content (AvgIpc) is 3.60. The van der Waals surface area contributed by atoms with Gasteiger partial charge in [0.05, 0.1) is 0 Å². The molecule has 0 N–H and O–H groups in total. The first kappa shape index (κ1) is 29.8. The Morgan fingerprint density at radius 1 is 0.457 bits per heavy atom. The van der Waals surface area contributed by atoms with Crippen LogP contribution in [-0.2, 0) is 17.7 Å². The first-order valence-electron chi connectivity index (χ1n) is 17.0. The van der Waals surface area contributed by atoms with Crippen molar-refractivity contribution >= 4 is 39.7 Å². The number of allylic oxidation sites excluding steroid dienone is 2. The molecule has 2 unspecified atom stereocenters. The van der Waals surface area contributed by atoms with Crippen molar-refractivity contribution in [1.82, 2.24) is 0 Å². The van der Waals surface area contributed by atoms with Gasteiger partial charge in [0.15, 0.2) is 0 Å². The number of rotatable bonds is 5. The third-order valence-corrected chi connectivity index (χ3v) is 79.3. The van der Waals surface area contributed by atoms with E-state index in [2.05, 4.69) is 170 Å². The van der Waals surface area contributed by atoms with Crippen LogP contribution in [0.25, 0.3) is 56.0 Å². The molecule has 8 rings (SSSR count). The summed E-state index contributed by atoms with van der Waals surface area (Å²) in [5.41, 5.74) is 14.8. The van der Waals surface area contributed by atoms with Gasteiger partial charge >= 0.3 is 278 Å². The molecule has 0 nitrogen and oxygen atoms in total. The molecule has 2 aliphatic carbocycles. The number of hydrogen-bond acceptors (Lipinski definition) is 0. The molecule has 2 aliphatic rings. The molecule has 0 bridgehead atoms. The summed E-state index contributed by atoms with van der Waals surface area (Å²) in [6.07, 6.45) is 5.16. The molecule has 0 heterocycles. The first-order valence-corrected chi connectivity index (χ1v) is 37.4. The fourth-order valence-electron chi connectivity index (χ4n) is 9.75. The van der Waals surface area contributed by atoms with Gasteiger partial charge in [-0.05, 0) is 0 Å². The predicted octanol–water partition coefficient (Wildman–Crippen LogP) is 12.7. The van der Waals surface area contributed by atoms with Crippen LogP contribution in [0, 0.1) is 0 Å². The van der Waals surface area contributed by atoms with Crippen LogP contribution in [0.1, 0.15) is 43.5 Å². The van der Waals surface area contributed by atoms with Crippen molar-refractivity contribution in [3.8, 4) is 22.3 Å². The van der Waals surface area contributed by atoms with Crippen LogP contribution < -0.4 is 0 Å².